The molecule has 150 valence electrons. The highest BCUT2D eigenvalue weighted by molar-refractivity contribution is 9.10. The van der Waals surface area contributed by atoms with Crippen molar-refractivity contribution in [2.75, 3.05) is 18.5 Å². The standard InChI is InChI=1S/C18H17BrClFN2O4S/c19-15-8-11(3-6-17(15)21)22-18(25)14-9-13(4-5-16(14)20)28(26,27)23-7-1-2-12(23)10-24/h3-6,8-9,12,24H,1-2,7,10H2,(H,22,25). The van der Waals surface area contributed by atoms with Crippen LogP contribution in [0.4, 0.5) is 10.1 Å². The number of hydrogen-bond acceptors (Lipinski definition) is 4. The molecule has 1 aliphatic heterocycles. The summed E-state index contributed by atoms with van der Waals surface area (Å²) in [6.07, 6.45) is 1.24. The molecule has 1 unspecified atom stereocenters. The number of halogens is 3. The third-order valence-corrected chi connectivity index (χ3v) is 7.39. The van der Waals surface area contributed by atoms with E-state index in [1.165, 1.54) is 40.7 Å². The third kappa shape index (κ3) is 4.23. The van der Waals surface area contributed by atoms with Crippen LogP contribution in [0.3, 0.4) is 0 Å². The fourth-order valence-electron chi connectivity index (χ4n) is 3.05. The zero-order chi connectivity index (χ0) is 20.5. The summed E-state index contributed by atoms with van der Waals surface area (Å²) in [4.78, 5) is 12.5. The topological polar surface area (TPSA) is 86.7 Å². The predicted molar refractivity (Wildman–Crippen MR) is 108 cm³/mol. The lowest BCUT2D eigenvalue weighted by atomic mass is 10.2. The van der Waals surface area contributed by atoms with Gasteiger partial charge in [-0.3, -0.25) is 4.79 Å². The highest BCUT2D eigenvalue weighted by Crippen LogP contribution is 2.29. The Hall–Kier alpha value is -1.52. The van der Waals surface area contributed by atoms with E-state index < -0.39 is 27.8 Å². The first kappa shape index (κ1) is 21.2. The number of anilines is 1. The van der Waals surface area contributed by atoms with Crippen molar-refractivity contribution in [2.24, 2.45) is 0 Å². The van der Waals surface area contributed by atoms with Crippen LogP contribution >= 0.6 is 27.5 Å². The number of aliphatic hydroxyl groups is 1. The molecular formula is C18H17BrClFN2O4S. The van der Waals surface area contributed by atoms with Gasteiger partial charge in [-0.15, -0.1) is 0 Å². The smallest absolute Gasteiger partial charge is 0.257 e. The Labute approximate surface area is 175 Å². The average molecular weight is 492 g/mol. The van der Waals surface area contributed by atoms with Gasteiger partial charge in [0.25, 0.3) is 5.91 Å². The Morgan fingerprint density at radius 3 is 2.75 bits per heavy atom. The van der Waals surface area contributed by atoms with E-state index in [2.05, 4.69) is 21.2 Å². The number of amides is 1. The molecule has 1 heterocycles. The van der Waals surface area contributed by atoms with E-state index in [4.69, 9.17) is 11.6 Å². The summed E-state index contributed by atoms with van der Waals surface area (Å²) >= 11 is 9.14. The number of benzene rings is 2. The van der Waals surface area contributed by atoms with E-state index in [-0.39, 0.29) is 26.6 Å². The van der Waals surface area contributed by atoms with Gasteiger partial charge < -0.3 is 10.4 Å². The minimum Gasteiger partial charge on any atom is -0.395 e. The second kappa shape index (κ2) is 8.46. The Morgan fingerprint density at radius 2 is 2.07 bits per heavy atom. The molecule has 0 spiro atoms. The SMILES string of the molecule is O=C(Nc1ccc(F)c(Br)c1)c1cc(S(=O)(=O)N2CCCC2CO)ccc1Cl. The monoisotopic (exact) mass is 490 g/mol. The number of carbonyl (C=O) groups excluding carboxylic acids is 1. The van der Waals surface area contributed by atoms with Crippen LogP contribution in [-0.2, 0) is 10.0 Å². The molecule has 1 saturated heterocycles. The number of rotatable bonds is 5. The van der Waals surface area contributed by atoms with Crippen LogP contribution in [0.1, 0.15) is 23.2 Å². The van der Waals surface area contributed by atoms with E-state index in [0.29, 0.717) is 25.1 Å². The molecular weight excluding hydrogens is 475 g/mol. The molecule has 0 aliphatic carbocycles. The third-order valence-electron chi connectivity index (χ3n) is 4.50. The van der Waals surface area contributed by atoms with Crippen LogP contribution in [0.25, 0.3) is 0 Å². The summed E-state index contributed by atoms with van der Waals surface area (Å²) in [6.45, 7) is 0.0426. The Kier molecular flexibility index (Phi) is 6.41. The van der Waals surface area contributed by atoms with Crippen molar-refractivity contribution >= 4 is 49.1 Å². The van der Waals surface area contributed by atoms with E-state index in [0.717, 1.165) is 0 Å². The quantitative estimate of drug-likeness (QED) is 0.669. The van der Waals surface area contributed by atoms with Crippen molar-refractivity contribution in [3.8, 4) is 0 Å². The number of carbonyl (C=O) groups is 1. The van der Waals surface area contributed by atoms with Gasteiger partial charge in [0, 0.05) is 18.3 Å². The van der Waals surface area contributed by atoms with Crippen LogP contribution in [0.2, 0.25) is 5.02 Å². The summed E-state index contributed by atoms with van der Waals surface area (Å²) < 4.78 is 40.6. The summed E-state index contributed by atoms with van der Waals surface area (Å²) in [5.74, 6) is -1.10. The summed E-state index contributed by atoms with van der Waals surface area (Å²) in [5, 5.41) is 12.1. The molecule has 3 rings (SSSR count). The first-order valence-corrected chi connectivity index (χ1v) is 11.0. The highest BCUT2D eigenvalue weighted by Gasteiger charge is 2.35. The normalized spacial score (nSPS) is 17.6. The highest BCUT2D eigenvalue weighted by atomic mass is 79.9. The number of nitrogens with one attached hydrogen (secondary N) is 1. The fraction of sp³-hybridized carbons (Fsp3) is 0.278. The summed E-state index contributed by atoms with van der Waals surface area (Å²) in [7, 11) is -3.88. The van der Waals surface area contributed by atoms with Gasteiger partial charge in [-0.25, -0.2) is 12.8 Å². The molecule has 10 heteroatoms. The molecule has 1 amide bonds. The van der Waals surface area contributed by atoms with Crippen molar-refractivity contribution in [3.63, 3.8) is 0 Å². The van der Waals surface area contributed by atoms with Gasteiger partial charge >= 0.3 is 0 Å². The molecule has 1 fully saturated rings. The van der Waals surface area contributed by atoms with E-state index >= 15 is 0 Å². The van der Waals surface area contributed by atoms with Crippen molar-refractivity contribution in [1.29, 1.82) is 0 Å². The van der Waals surface area contributed by atoms with Gasteiger partial charge in [-0.2, -0.15) is 4.31 Å². The van der Waals surface area contributed by atoms with Gasteiger partial charge in [0.1, 0.15) is 5.82 Å². The second-order valence-corrected chi connectivity index (χ2v) is 9.47. The molecule has 1 atom stereocenters. The van der Waals surface area contributed by atoms with Gasteiger partial charge in [-0.05, 0) is 65.2 Å². The first-order valence-electron chi connectivity index (χ1n) is 8.42. The maximum absolute atomic E-state index is 13.3. The number of aliphatic hydroxyl groups excluding tert-OH is 1. The maximum atomic E-state index is 13.3. The maximum Gasteiger partial charge on any atom is 0.257 e. The van der Waals surface area contributed by atoms with Gasteiger partial charge in [0.2, 0.25) is 10.0 Å². The van der Waals surface area contributed by atoms with Crippen LogP contribution in [0.15, 0.2) is 45.8 Å². The lowest BCUT2D eigenvalue weighted by Gasteiger charge is -2.22. The molecule has 2 aromatic carbocycles. The molecule has 6 nitrogen and oxygen atoms in total. The summed E-state index contributed by atoms with van der Waals surface area (Å²) in [5.41, 5.74) is 0.297. The molecule has 0 bridgehead atoms. The molecule has 28 heavy (non-hydrogen) atoms. The molecule has 0 radical (unpaired) electrons. The van der Waals surface area contributed by atoms with Crippen molar-refractivity contribution < 1.29 is 22.7 Å². The fourth-order valence-corrected chi connectivity index (χ4v) is 5.35. The molecule has 2 aromatic rings. The lowest BCUT2D eigenvalue weighted by molar-refractivity contribution is 0.102. The van der Waals surface area contributed by atoms with Crippen molar-refractivity contribution in [2.45, 2.75) is 23.8 Å². The second-order valence-electron chi connectivity index (χ2n) is 6.32. The summed E-state index contributed by atoms with van der Waals surface area (Å²) in [6, 6.07) is 7.35. The lowest BCUT2D eigenvalue weighted by Crippen LogP contribution is -2.37. The Bertz CT molecular complexity index is 1020. The average Bonchev–Trinajstić information content (AvgIpc) is 3.14. The number of sulfonamides is 1. The molecule has 2 N–H and O–H groups in total. The van der Waals surface area contributed by atoms with E-state index in [1.807, 2.05) is 0 Å². The van der Waals surface area contributed by atoms with Gasteiger partial charge in [-0.1, -0.05) is 11.6 Å². The van der Waals surface area contributed by atoms with E-state index in [1.54, 1.807) is 0 Å². The zero-order valence-electron chi connectivity index (χ0n) is 14.5. The molecule has 1 aliphatic rings. The van der Waals surface area contributed by atoms with Gasteiger partial charge in [0.05, 0.1) is 26.6 Å². The molecule has 0 aromatic heterocycles. The predicted octanol–water partition coefficient (Wildman–Crippen LogP) is 3.64. The Balaban J connectivity index is 1.90. The van der Waals surface area contributed by atoms with Crippen LogP contribution in [0, 0.1) is 5.82 Å². The van der Waals surface area contributed by atoms with E-state index in [9.17, 15) is 22.7 Å². The van der Waals surface area contributed by atoms with Crippen molar-refractivity contribution in [1.82, 2.24) is 4.31 Å². The van der Waals surface area contributed by atoms with Gasteiger partial charge in [0.15, 0.2) is 0 Å². The van der Waals surface area contributed by atoms with Crippen LogP contribution < -0.4 is 5.32 Å². The van der Waals surface area contributed by atoms with Crippen LogP contribution in [-0.4, -0.2) is 42.9 Å². The zero-order valence-corrected chi connectivity index (χ0v) is 17.7. The first-order chi connectivity index (χ1) is 13.2. The van der Waals surface area contributed by atoms with Crippen molar-refractivity contribution in [3.05, 3.63) is 57.3 Å². The minimum absolute atomic E-state index is 0.0251. The number of hydrogen-bond donors (Lipinski definition) is 2. The van der Waals surface area contributed by atoms with Crippen LogP contribution in [0.5, 0.6) is 0 Å². The largest absolute Gasteiger partial charge is 0.395 e. The number of nitrogens with zero attached hydrogens (tertiary/aromatic N) is 1. The minimum atomic E-state index is -3.88. The molecule has 0 saturated carbocycles. The Morgan fingerprint density at radius 1 is 1.32 bits per heavy atom.